The summed E-state index contributed by atoms with van der Waals surface area (Å²) in [5, 5.41) is 1.17. The van der Waals surface area contributed by atoms with Crippen molar-refractivity contribution in [3.8, 4) is 5.75 Å². The summed E-state index contributed by atoms with van der Waals surface area (Å²) in [5.41, 5.74) is 0.614. The minimum absolute atomic E-state index is 0.0861. The second-order valence-corrected chi connectivity index (χ2v) is 8.82. The van der Waals surface area contributed by atoms with Crippen LogP contribution in [0.3, 0.4) is 0 Å². The molecule has 0 N–H and O–H groups in total. The number of nitrogens with zero attached hydrogens (tertiary/aromatic N) is 2. The first-order valence-corrected chi connectivity index (χ1v) is 10.6. The van der Waals surface area contributed by atoms with E-state index in [0.717, 1.165) is 12.8 Å². The quantitative estimate of drug-likeness (QED) is 0.476. The Kier molecular flexibility index (Phi) is 5.05. The van der Waals surface area contributed by atoms with Crippen LogP contribution in [0.1, 0.15) is 23.2 Å². The van der Waals surface area contributed by atoms with E-state index >= 15 is 0 Å². The molecule has 1 aliphatic heterocycles. The van der Waals surface area contributed by atoms with E-state index < -0.39 is 16.0 Å². The first-order valence-electron chi connectivity index (χ1n) is 8.82. The van der Waals surface area contributed by atoms with Crippen molar-refractivity contribution >= 4 is 38.5 Å². The Morgan fingerprint density at radius 1 is 1.07 bits per heavy atom. The van der Waals surface area contributed by atoms with E-state index in [1.807, 2.05) is 0 Å². The molecule has 6 nitrogen and oxygen atoms in total. The molecule has 0 saturated carbocycles. The summed E-state index contributed by atoms with van der Waals surface area (Å²) >= 11 is 6.16. The number of fused-ring (bicyclic) bond motifs is 1. The van der Waals surface area contributed by atoms with Gasteiger partial charge in [-0.1, -0.05) is 17.7 Å². The molecule has 3 aromatic rings. The lowest BCUT2D eigenvalue weighted by Gasteiger charge is -2.16. The van der Waals surface area contributed by atoms with Crippen LogP contribution in [0, 0.1) is 0 Å². The standard InChI is InChI=1S/C20H17ClN2O4S/c21-17-8-9-18(19-16(17)7-4-10-22-19)27-20(24)14-5-3-6-15(13-14)28(25,26)23-11-1-2-12-23/h3-10,13H,1-2,11-12H2. The molecule has 1 fully saturated rings. The zero-order chi connectivity index (χ0) is 19.7. The van der Waals surface area contributed by atoms with Crippen LogP contribution in [-0.2, 0) is 10.0 Å². The van der Waals surface area contributed by atoms with Gasteiger partial charge in [-0.25, -0.2) is 13.2 Å². The number of hydrogen-bond donors (Lipinski definition) is 0. The average Bonchev–Trinajstić information content (AvgIpc) is 3.26. The molecule has 0 atom stereocenters. The van der Waals surface area contributed by atoms with Crippen molar-refractivity contribution < 1.29 is 17.9 Å². The van der Waals surface area contributed by atoms with Crippen LogP contribution in [0.2, 0.25) is 5.02 Å². The maximum Gasteiger partial charge on any atom is 0.343 e. The van der Waals surface area contributed by atoms with Crippen LogP contribution < -0.4 is 4.74 Å². The number of pyridine rings is 1. The van der Waals surface area contributed by atoms with Gasteiger partial charge in [0, 0.05) is 24.7 Å². The highest BCUT2D eigenvalue weighted by molar-refractivity contribution is 7.89. The SMILES string of the molecule is O=C(Oc1ccc(Cl)c2cccnc12)c1cccc(S(=O)(=O)N2CCCC2)c1. The van der Waals surface area contributed by atoms with Crippen molar-refractivity contribution in [3.05, 3.63) is 65.3 Å². The number of benzene rings is 2. The number of halogens is 1. The topological polar surface area (TPSA) is 76.6 Å². The zero-order valence-electron chi connectivity index (χ0n) is 14.8. The van der Waals surface area contributed by atoms with Crippen molar-refractivity contribution in [2.45, 2.75) is 17.7 Å². The van der Waals surface area contributed by atoms with Crippen LogP contribution >= 0.6 is 11.6 Å². The van der Waals surface area contributed by atoms with Crippen molar-refractivity contribution in [3.63, 3.8) is 0 Å². The summed E-state index contributed by atoms with van der Waals surface area (Å²) in [4.78, 5) is 17.0. The van der Waals surface area contributed by atoms with E-state index in [1.54, 1.807) is 30.5 Å². The molecule has 1 saturated heterocycles. The van der Waals surface area contributed by atoms with Gasteiger partial charge < -0.3 is 4.74 Å². The number of rotatable bonds is 4. The van der Waals surface area contributed by atoms with E-state index in [9.17, 15) is 13.2 Å². The Morgan fingerprint density at radius 2 is 1.86 bits per heavy atom. The van der Waals surface area contributed by atoms with Gasteiger partial charge in [-0.3, -0.25) is 4.98 Å². The van der Waals surface area contributed by atoms with Crippen molar-refractivity contribution in [1.29, 1.82) is 0 Å². The number of hydrogen-bond acceptors (Lipinski definition) is 5. The van der Waals surface area contributed by atoms with Crippen LogP contribution in [-0.4, -0.2) is 36.8 Å². The molecule has 1 aromatic heterocycles. The second kappa shape index (κ2) is 7.50. The fraction of sp³-hybridized carbons (Fsp3) is 0.200. The molecule has 0 spiro atoms. The fourth-order valence-electron chi connectivity index (χ4n) is 3.21. The highest BCUT2D eigenvalue weighted by atomic mass is 35.5. The first-order chi connectivity index (χ1) is 13.5. The van der Waals surface area contributed by atoms with Gasteiger partial charge in [0.15, 0.2) is 5.75 Å². The molecular weight excluding hydrogens is 400 g/mol. The van der Waals surface area contributed by atoms with Crippen molar-refractivity contribution in [2.24, 2.45) is 0 Å². The molecule has 4 rings (SSSR count). The lowest BCUT2D eigenvalue weighted by molar-refractivity contribution is 0.0736. The summed E-state index contributed by atoms with van der Waals surface area (Å²) in [5.74, 6) is -0.398. The minimum atomic E-state index is -3.61. The van der Waals surface area contributed by atoms with Gasteiger partial charge in [0.1, 0.15) is 5.52 Å². The second-order valence-electron chi connectivity index (χ2n) is 6.47. The largest absolute Gasteiger partial charge is 0.421 e. The molecule has 0 bridgehead atoms. The van der Waals surface area contributed by atoms with Crippen molar-refractivity contribution in [2.75, 3.05) is 13.1 Å². The summed E-state index contributed by atoms with van der Waals surface area (Å²) in [6.07, 6.45) is 3.27. The Morgan fingerprint density at radius 3 is 2.64 bits per heavy atom. The Hall–Kier alpha value is -2.48. The summed E-state index contributed by atoms with van der Waals surface area (Å²) in [6, 6.07) is 12.6. The molecule has 0 aliphatic carbocycles. The average molecular weight is 417 g/mol. The Bertz CT molecular complexity index is 1160. The molecular formula is C20H17ClN2O4S. The summed E-state index contributed by atoms with van der Waals surface area (Å²) in [7, 11) is -3.61. The number of aromatic nitrogens is 1. The third-order valence-corrected chi connectivity index (χ3v) is 6.88. The molecule has 0 amide bonds. The third-order valence-electron chi connectivity index (χ3n) is 4.65. The molecule has 144 valence electrons. The highest BCUT2D eigenvalue weighted by Crippen LogP contribution is 2.30. The van der Waals surface area contributed by atoms with E-state index in [1.165, 1.54) is 28.6 Å². The van der Waals surface area contributed by atoms with E-state index in [4.69, 9.17) is 16.3 Å². The molecule has 8 heteroatoms. The lowest BCUT2D eigenvalue weighted by atomic mass is 10.2. The predicted octanol–water partition coefficient (Wildman–Crippen LogP) is 3.89. The van der Waals surface area contributed by atoms with E-state index in [2.05, 4.69) is 4.98 Å². The van der Waals surface area contributed by atoms with Crippen LogP contribution in [0.5, 0.6) is 5.75 Å². The lowest BCUT2D eigenvalue weighted by Crippen LogP contribution is -2.28. The third kappa shape index (κ3) is 3.48. The van der Waals surface area contributed by atoms with E-state index in [0.29, 0.717) is 29.0 Å². The Balaban J connectivity index is 1.64. The molecule has 1 aliphatic rings. The molecule has 2 heterocycles. The number of ether oxygens (including phenoxy) is 1. The Labute approximate surface area is 167 Å². The maximum atomic E-state index is 12.7. The summed E-state index contributed by atoms with van der Waals surface area (Å²) in [6.45, 7) is 0.999. The molecule has 0 unspecified atom stereocenters. The van der Waals surface area contributed by atoms with Gasteiger partial charge in [0.05, 0.1) is 15.5 Å². The van der Waals surface area contributed by atoms with E-state index in [-0.39, 0.29) is 16.2 Å². The van der Waals surface area contributed by atoms with Gasteiger partial charge in [0.2, 0.25) is 10.0 Å². The van der Waals surface area contributed by atoms with Gasteiger partial charge in [-0.05, 0) is 55.3 Å². The first kappa shape index (κ1) is 18.9. The smallest absolute Gasteiger partial charge is 0.343 e. The van der Waals surface area contributed by atoms with Crippen LogP contribution in [0.15, 0.2) is 59.6 Å². The number of carbonyl (C=O) groups is 1. The maximum absolute atomic E-state index is 12.7. The normalized spacial score (nSPS) is 15.0. The molecule has 2 aromatic carbocycles. The number of sulfonamides is 1. The van der Waals surface area contributed by atoms with Gasteiger partial charge in [0.25, 0.3) is 0 Å². The fourth-order valence-corrected chi connectivity index (χ4v) is 4.99. The minimum Gasteiger partial charge on any atom is -0.421 e. The monoisotopic (exact) mass is 416 g/mol. The molecule has 0 radical (unpaired) electrons. The van der Waals surface area contributed by atoms with Crippen LogP contribution in [0.4, 0.5) is 0 Å². The number of carbonyl (C=O) groups excluding carboxylic acids is 1. The van der Waals surface area contributed by atoms with Gasteiger partial charge in [-0.15, -0.1) is 0 Å². The van der Waals surface area contributed by atoms with Gasteiger partial charge in [-0.2, -0.15) is 4.31 Å². The van der Waals surface area contributed by atoms with Crippen molar-refractivity contribution in [1.82, 2.24) is 9.29 Å². The predicted molar refractivity (Wildman–Crippen MR) is 106 cm³/mol. The zero-order valence-corrected chi connectivity index (χ0v) is 16.4. The highest BCUT2D eigenvalue weighted by Gasteiger charge is 2.28. The van der Waals surface area contributed by atoms with Gasteiger partial charge >= 0.3 is 5.97 Å². The van der Waals surface area contributed by atoms with Crippen LogP contribution in [0.25, 0.3) is 10.9 Å². The number of esters is 1. The summed E-state index contributed by atoms with van der Waals surface area (Å²) < 4.78 is 32.4. The molecule has 28 heavy (non-hydrogen) atoms.